The number of aromatic amines is 3. The molecule has 1 saturated carbocycles. The molecule has 4 aromatic heterocycles. The first-order valence-corrected chi connectivity index (χ1v) is 34.5. The Hall–Kier alpha value is -11.2. The quantitative estimate of drug-likeness (QED) is 0.0802. The van der Waals surface area contributed by atoms with E-state index >= 15 is 0 Å². The van der Waals surface area contributed by atoms with Crippen LogP contribution in [0.25, 0.3) is 99.9 Å². The van der Waals surface area contributed by atoms with E-state index < -0.39 is 0 Å². The van der Waals surface area contributed by atoms with Gasteiger partial charge < -0.3 is 58.7 Å². The van der Waals surface area contributed by atoms with E-state index in [1.54, 1.807) is 0 Å². The maximum Gasteiger partial charge on any atom is 0.137 e. The van der Waals surface area contributed by atoms with Gasteiger partial charge in [-0.2, -0.15) is 15.8 Å². The highest BCUT2D eigenvalue weighted by molar-refractivity contribution is 6.01. The third-order valence-electron chi connectivity index (χ3n) is 19.4. The molecule has 0 radical (unpaired) electrons. The molecule has 5 fully saturated rings. The Balaban J connectivity index is 0.000000122. The Kier molecular flexibility index (Phi) is 19.1. The first-order valence-electron chi connectivity index (χ1n) is 34.5. The van der Waals surface area contributed by atoms with E-state index in [2.05, 4.69) is 193 Å². The van der Waals surface area contributed by atoms with Crippen LogP contribution in [0.5, 0.6) is 11.5 Å². The molecule has 16 heteroatoms. The van der Waals surface area contributed by atoms with Gasteiger partial charge in [-0.3, -0.25) is 0 Å². The van der Waals surface area contributed by atoms with Crippen LogP contribution in [0.3, 0.4) is 0 Å². The summed E-state index contributed by atoms with van der Waals surface area (Å²) in [6.07, 6.45) is 6.20. The molecule has 5 aliphatic rings. The topological polar surface area (TPSA) is 200 Å². The first kappa shape index (κ1) is 63.9. The summed E-state index contributed by atoms with van der Waals surface area (Å²) in [7, 11) is 0. The lowest BCUT2D eigenvalue weighted by molar-refractivity contribution is 0.0254. The molecule has 0 spiro atoms. The number of fused-ring (bicyclic) bond motifs is 3. The molecule has 8 heterocycles. The van der Waals surface area contributed by atoms with Crippen molar-refractivity contribution in [3.05, 3.63) is 217 Å². The maximum absolute atomic E-state index is 9.83. The highest BCUT2D eigenvalue weighted by Crippen LogP contribution is 2.39. The Morgan fingerprint density at radius 2 is 0.889 bits per heavy atom. The molecule has 1 aliphatic carbocycles. The lowest BCUT2D eigenvalue weighted by atomic mass is 9.99. The molecule has 4 N–H and O–H groups in total. The van der Waals surface area contributed by atoms with Crippen molar-refractivity contribution in [2.75, 3.05) is 113 Å². The Labute approximate surface area is 576 Å². The first-order chi connectivity index (χ1) is 48.9. The summed E-state index contributed by atoms with van der Waals surface area (Å²) in [5, 5.41) is 35.6. The van der Waals surface area contributed by atoms with Crippen LogP contribution in [-0.2, 0) is 14.2 Å². The zero-order valence-corrected chi connectivity index (χ0v) is 55.3. The van der Waals surface area contributed by atoms with Crippen LogP contribution in [-0.4, -0.2) is 125 Å². The lowest BCUT2D eigenvalue weighted by Gasteiger charge is -2.28. The number of nitrogens with one attached hydrogen (secondary N) is 4. The molecule has 494 valence electrons. The van der Waals surface area contributed by atoms with E-state index in [0.717, 1.165) is 197 Å². The van der Waals surface area contributed by atoms with Gasteiger partial charge in [-0.25, -0.2) is 4.98 Å². The summed E-state index contributed by atoms with van der Waals surface area (Å²) >= 11 is 0. The maximum atomic E-state index is 9.83. The van der Waals surface area contributed by atoms with Gasteiger partial charge >= 0.3 is 0 Å². The minimum absolute atomic E-state index is 0.0962. The van der Waals surface area contributed by atoms with Gasteiger partial charge in [0, 0.05) is 138 Å². The average Bonchev–Trinajstić information content (AvgIpc) is 1.68. The van der Waals surface area contributed by atoms with Gasteiger partial charge in [0.15, 0.2) is 0 Å². The number of pyridine rings is 1. The number of nitrogens with zero attached hydrogens (tertiary/aromatic N) is 7. The summed E-state index contributed by atoms with van der Waals surface area (Å²) in [5.41, 5.74) is 20.5. The summed E-state index contributed by atoms with van der Waals surface area (Å²) in [4.78, 5) is 22.4. The molecule has 0 amide bonds. The number of rotatable bonds is 14. The number of ether oxygens (including phenoxy) is 5. The zero-order chi connectivity index (χ0) is 66.9. The Morgan fingerprint density at radius 1 is 0.424 bits per heavy atom. The van der Waals surface area contributed by atoms with Gasteiger partial charge in [-0.1, -0.05) is 84.9 Å². The molecule has 12 aromatic rings. The van der Waals surface area contributed by atoms with Gasteiger partial charge in [-0.05, 0) is 172 Å². The number of nitriles is 3. The second-order valence-corrected chi connectivity index (χ2v) is 25.8. The minimum atomic E-state index is 0.0962. The van der Waals surface area contributed by atoms with Crippen LogP contribution in [0, 0.1) is 39.9 Å². The molecule has 0 unspecified atom stereocenters. The minimum Gasteiger partial charge on any atom is -0.492 e. The van der Waals surface area contributed by atoms with Gasteiger partial charge in [-0.15, -0.1) is 0 Å². The number of piperazine rings is 1. The number of H-pyrrole nitrogens is 3. The number of hydrogen-bond acceptors (Lipinski definition) is 13. The molecule has 8 aromatic carbocycles. The third kappa shape index (κ3) is 14.6. The second-order valence-electron chi connectivity index (χ2n) is 25.8. The van der Waals surface area contributed by atoms with Crippen molar-refractivity contribution in [3.63, 3.8) is 0 Å². The van der Waals surface area contributed by atoms with Crippen molar-refractivity contribution < 1.29 is 23.7 Å². The number of aromatic nitrogens is 4. The normalized spacial score (nSPS) is 15.7. The standard InChI is InChI=1S/C29H29N5O2.C29H27N3O2.C25H21N3O/c30-18-22-16-20(4-6-28(22)36-23-8-14-35-15-9-23)24-2-1-3-26-25(24)17-27(33-26)21-5-7-29(32-19-21)34-12-10-31-11-13-34;30-18-23-16-22(8-11-29(23)34-19-20-4-5-20)25-2-1-3-27-26(25)17-28(31-27)21-6-9-24(10-7-21)32-12-14-33-15-13-32;26-17-18-3-1-4-20(15-18)22-5-2-6-24-23(22)16-25(27-24)19-7-9-21(10-8-19)28-11-13-29-14-12-28/h1-7,16-17,19,23,31,33H,8-15H2;1-3,6-11,16-17,20,31H,4-5,12-15,19H2;1-10,15-16,27H,11-14H2. The second kappa shape index (κ2) is 29.7. The highest BCUT2D eigenvalue weighted by Gasteiger charge is 2.24. The van der Waals surface area contributed by atoms with Crippen LogP contribution < -0.4 is 29.5 Å². The molecular formula is C83H77N11O5. The van der Waals surface area contributed by atoms with E-state index in [9.17, 15) is 15.8 Å². The molecule has 16 nitrogen and oxygen atoms in total. The summed E-state index contributed by atoms with van der Waals surface area (Å²) < 4.78 is 28.4. The van der Waals surface area contributed by atoms with Crippen LogP contribution in [0.2, 0.25) is 0 Å². The van der Waals surface area contributed by atoms with E-state index in [-0.39, 0.29) is 6.10 Å². The van der Waals surface area contributed by atoms with Crippen molar-refractivity contribution in [2.24, 2.45) is 5.92 Å². The smallest absolute Gasteiger partial charge is 0.137 e. The predicted molar refractivity (Wildman–Crippen MR) is 393 cm³/mol. The zero-order valence-electron chi connectivity index (χ0n) is 55.3. The number of morpholine rings is 2. The van der Waals surface area contributed by atoms with Gasteiger partial charge in [0.25, 0.3) is 0 Å². The number of hydrogen-bond donors (Lipinski definition) is 4. The number of benzene rings is 8. The average molecular weight is 1310 g/mol. The molecule has 0 bridgehead atoms. The van der Waals surface area contributed by atoms with Crippen molar-refractivity contribution in [1.82, 2.24) is 25.3 Å². The fraction of sp³-hybridized carbons (Fsp3) is 0.253. The predicted octanol–water partition coefficient (Wildman–Crippen LogP) is 15.9. The summed E-state index contributed by atoms with van der Waals surface area (Å²) in [5.74, 6) is 3.00. The van der Waals surface area contributed by atoms with Crippen LogP contribution in [0.15, 0.2) is 200 Å². The fourth-order valence-electron chi connectivity index (χ4n) is 13.7. The highest BCUT2D eigenvalue weighted by atomic mass is 16.5. The third-order valence-corrected chi connectivity index (χ3v) is 19.4. The van der Waals surface area contributed by atoms with Crippen LogP contribution in [0.4, 0.5) is 17.2 Å². The van der Waals surface area contributed by atoms with E-state index in [1.165, 1.54) is 24.2 Å². The SMILES string of the molecule is N#Cc1cc(-c2cccc3[nH]c(-c4ccc(N5CCNCC5)nc4)cc23)ccc1OC1CCOCC1.N#Cc1cc(-c2cccc3[nH]c(-c4ccc(N5CCOCC5)cc4)cc23)ccc1OCC1CC1.N#Cc1cccc(-c2cccc3[nH]c(-c4ccc(N5CCOCC5)cc4)cc23)c1. The van der Waals surface area contributed by atoms with Crippen LogP contribution in [0.1, 0.15) is 42.4 Å². The van der Waals surface area contributed by atoms with Crippen molar-refractivity contribution in [2.45, 2.75) is 31.8 Å². The number of anilines is 3. The molecule has 0 atom stereocenters. The fourth-order valence-corrected chi connectivity index (χ4v) is 13.7. The van der Waals surface area contributed by atoms with E-state index in [1.807, 2.05) is 60.8 Å². The monoisotopic (exact) mass is 1310 g/mol. The largest absolute Gasteiger partial charge is 0.492 e. The van der Waals surface area contributed by atoms with Gasteiger partial charge in [0.05, 0.1) is 69.0 Å². The Morgan fingerprint density at radius 3 is 1.38 bits per heavy atom. The van der Waals surface area contributed by atoms with Gasteiger partial charge in [0.2, 0.25) is 0 Å². The summed E-state index contributed by atoms with van der Waals surface area (Å²) in [6, 6.07) is 73.5. The lowest BCUT2D eigenvalue weighted by Crippen LogP contribution is -2.43. The van der Waals surface area contributed by atoms with E-state index in [4.69, 9.17) is 28.7 Å². The van der Waals surface area contributed by atoms with Gasteiger partial charge in [0.1, 0.15) is 35.6 Å². The molecule has 4 aliphatic heterocycles. The molecule has 99 heavy (non-hydrogen) atoms. The van der Waals surface area contributed by atoms with Crippen LogP contribution >= 0.6 is 0 Å². The van der Waals surface area contributed by atoms with Crippen molar-refractivity contribution in [1.29, 1.82) is 15.8 Å². The summed E-state index contributed by atoms with van der Waals surface area (Å²) in [6.45, 7) is 13.0. The van der Waals surface area contributed by atoms with Crippen molar-refractivity contribution in [3.8, 4) is 96.9 Å². The molecular weight excluding hydrogens is 1230 g/mol. The molecule has 17 rings (SSSR count). The molecule has 4 saturated heterocycles. The van der Waals surface area contributed by atoms with Crippen molar-refractivity contribution >= 4 is 49.9 Å². The Bertz CT molecular complexity index is 4930. The van der Waals surface area contributed by atoms with E-state index in [0.29, 0.717) is 53.9 Å².